The van der Waals surface area contributed by atoms with Gasteiger partial charge in [-0.3, -0.25) is 14.4 Å². The molecule has 1 N–H and O–H groups in total. The molecule has 1 spiro atoms. The van der Waals surface area contributed by atoms with Crippen LogP contribution in [0.15, 0.2) is 16.8 Å². The van der Waals surface area contributed by atoms with Crippen LogP contribution in [0, 0.1) is 5.41 Å². The standard InChI is InChI=1S/C15H19N3O3S/c1-11(19)16-7-14(21)17-4-3-15(9-17)6-13(20)18(10-15)12-2-5-22-8-12/h2,5,8H,3-4,6-7,9-10H2,1H3,(H,16,19)/t15-/m1/s1. The lowest BCUT2D eigenvalue weighted by atomic mass is 9.86. The lowest BCUT2D eigenvalue weighted by Gasteiger charge is -2.24. The highest BCUT2D eigenvalue weighted by Crippen LogP contribution is 2.42. The van der Waals surface area contributed by atoms with Gasteiger partial charge in [0.05, 0.1) is 12.2 Å². The largest absolute Gasteiger partial charge is 0.347 e. The molecule has 0 aliphatic carbocycles. The molecule has 0 unspecified atom stereocenters. The summed E-state index contributed by atoms with van der Waals surface area (Å²) in [4.78, 5) is 38.9. The zero-order chi connectivity index (χ0) is 15.7. The average molecular weight is 321 g/mol. The van der Waals surface area contributed by atoms with Crippen LogP contribution >= 0.6 is 11.3 Å². The molecule has 1 aromatic rings. The van der Waals surface area contributed by atoms with E-state index in [-0.39, 0.29) is 29.7 Å². The van der Waals surface area contributed by atoms with Crippen molar-refractivity contribution in [2.75, 3.05) is 31.1 Å². The van der Waals surface area contributed by atoms with Crippen molar-refractivity contribution in [1.29, 1.82) is 0 Å². The number of thiophene rings is 1. The summed E-state index contributed by atoms with van der Waals surface area (Å²) in [5, 5.41) is 6.48. The Morgan fingerprint density at radius 3 is 2.91 bits per heavy atom. The number of likely N-dealkylation sites (tertiary alicyclic amines) is 1. The fraction of sp³-hybridized carbons (Fsp3) is 0.533. The van der Waals surface area contributed by atoms with E-state index in [4.69, 9.17) is 0 Å². The van der Waals surface area contributed by atoms with Crippen LogP contribution in [0.4, 0.5) is 5.69 Å². The number of nitrogens with one attached hydrogen (secondary N) is 1. The quantitative estimate of drug-likeness (QED) is 0.897. The summed E-state index contributed by atoms with van der Waals surface area (Å²) in [7, 11) is 0. The summed E-state index contributed by atoms with van der Waals surface area (Å²) in [5.41, 5.74) is 0.820. The Morgan fingerprint density at radius 1 is 1.41 bits per heavy atom. The minimum Gasteiger partial charge on any atom is -0.347 e. The SMILES string of the molecule is CC(=O)NCC(=O)N1CC[C@@]2(CC(=O)N(c3ccsc3)C2)C1. The Kier molecular flexibility index (Phi) is 3.90. The number of nitrogens with zero attached hydrogens (tertiary/aromatic N) is 2. The van der Waals surface area contributed by atoms with Crippen LogP contribution in [-0.2, 0) is 14.4 Å². The lowest BCUT2D eigenvalue weighted by Crippen LogP contribution is -2.40. The van der Waals surface area contributed by atoms with Crippen molar-refractivity contribution < 1.29 is 14.4 Å². The first kappa shape index (κ1) is 15.0. The van der Waals surface area contributed by atoms with Gasteiger partial charge in [-0.05, 0) is 17.9 Å². The van der Waals surface area contributed by atoms with E-state index < -0.39 is 0 Å². The molecule has 3 rings (SSSR count). The lowest BCUT2D eigenvalue weighted by molar-refractivity contribution is -0.132. The molecule has 22 heavy (non-hydrogen) atoms. The van der Waals surface area contributed by atoms with Crippen molar-refractivity contribution >= 4 is 34.7 Å². The molecule has 0 aromatic carbocycles. The second-order valence-electron chi connectivity index (χ2n) is 6.11. The van der Waals surface area contributed by atoms with E-state index >= 15 is 0 Å². The molecule has 0 radical (unpaired) electrons. The summed E-state index contributed by atoms with van der Waals surface area (Å²) >= 11 is 1.58. The fourth-order valence-electron chi connectivity index (χ4n) is 3.28. The molecule has 1 aromatic heterocycles. The minimum atomic E-state index is -0.207. The van der Waals surface area contributed by atoms with Crippen LogP contribution in [0.1, 0.15) is 19.8 Å². The predicted molar refractivity (Wildman–Crippen MR) is 83.6 cm³/mol. The first-order valence-electron chi connectivity index (χ1n) is 7.34. The van der Waals surface area contributed by atoms with E-state index in [9.17, 15) is 14.4 Å². The van der Waals surface area contributed by atoms with Crippen molar-refractivity contribution in [3.05, 3.63) is 16.8 Å². The maximum absolute atomic E-state index is 12.3. The number of anilines is 1. The third-order valence-corrected chi connectivity index (χ3v) is 5.09. The summed E-state index contributed by atoms with van der Waals surface area (Å²) in [6, 6.07) is 1.95. The van der Waals surface area contributed by atoms with Crippen molar-refractivity contribution in [3.8, 4) is 0 Å². The number of hydrogen-bond acceptors (Lipinski definition) is 4. The van der Waals surface area contributed by atoms with Gasteiger partial charge in [-0.2, -0.15) is 11.3 Å². The first-order chi connectivity index (χ1) is 10.5. The van der Waals surface area contributed by atoms with E-state index in [2.05, 4.69) is 5.32 Å². The number of carbonyl (C=O) groups excluding carboxylic acids is 3. The molecular formula is C15H19N3O3S. The Bertz CT molecular complexity index is 601. The first-order valence-corrected chi connectivity index (χ1v) is 8.28. The van der Waals surface area contributed by atoms with Crippen LogP contribution in [0.5, 0.6) is 0 Å². The molecule has 2 aliphatic heterocycles. The van der Waals surface area contributed by atoms with Crippen molar-refractivity contribution in [1.82, 2.24) is 10.2 Å². The van der Waals surface area contributed by atoms with Crippen LogP contribution in [0.25, 0.3) is 0 Å². The third-order valence-electron chi connectivity index (χ3n) is 4.42. The highest BCUT2D eigenvalue weighted by molar-refractivity contribution is 7.08. The van der Waals surface area contributed by atoms with Crippen LogP contribution < -0.4 is 10.2 Å². The van der Waals surface area contributed by atoms with Gasteiger partial charge in [0.15, 0.2) is 0 Å². The molecule has 0 saturated carbocycles. The topological polar surface area (TPSA) is 69.7 Å². The molecule has 7 heteroatoms. The van der Waals surface area contributed by atoms with E-state index in [1.54, 1.807) is 16.2 Å². The molecule has 2 saturated heterocycles. The normalized spacial score (nSPS) is 24.3. The van der Waals surface area contributed by atoms with Gasteiger partial charge in [-0.1, -0.05) is 0 Å². The van der Waals surface area contributed by atoms with Gasteiger partial charge < -0.3 is 15.1 Å². The minimum absolute atomic E-state index is 0.0353. The third kappa shape index (κ3) is 2.85. The van der Waals surface area contributed by atoms with Crippen LogP contribution in [-0.4, -0.2) is 48.8 Å². The summed E-state index contributed by atoms with van der Waals surface area (Å²) < 4.78 is 0. The van der Waals surface area contributed by atoms with Crippen LogP contribution in [0.2, 0.25) is 0 Å². The number of carbonyl (C=O) groups is 3. The zero-order valence-electron chi connectivity index (χ0n) is 12.5. The van der Waals surface area contributed by atoms with Crippen molar-refractivity contribution in [3.63, 3.8) is 0 Å². The van der Waals surface area contributed by atoms with Gasteiger partial charge in [0, 0.05) is 43.8 Å². The van der Waals surface area contributed by atoms with Crippen molar-refractivity contribution in [2.45, 2.75) is 19.8 Å². The number of hydrogen-bond donors (Lipinski definition) is 1. The maximum atomic E-state index is 12.3. The number of rotatable bonds is 3. The van der Waals surface area contributed by atoms with E-state index in [1.807, 2.05) is 21.7 Å². The fourth-order valence-corrected chi connectivity index (χ4v) is 3.92. The van der Waals surface area contributed by atoms with Gasteiger partial charge >= 0.3 is 0 Å². The molecular weight excluding hydrogens is 302 g/mol. The Hall–Kier alpha value is -1.89. The molecule has 3 amide bonds. The Balaban J connectivity index is 1.63. The molecule has 2 aliphatic rings. The number of amides is 3. The zero-order valence-corrected chi connectivity index (χ0v) is 13.3. The predicted octanol–water partition coefficient (Wildman–Crippen LogP) is 0.840. The molecule has 3 heterocycles. The van der Waals surface area contributed by atoms with E-state index in [0.29, 0.717) is 26.1 Å². The summed E-state index contributed by atoms with van der Waals surface area (Å²) in [5.74, 6) is -0.148. The highest BCUT2D eigenvalue weighted by Gasteiger charge is 2.48. The van der Waals surface area contributed by atoms with E-state index in [1.165, 1.54) is 6.92 Å². The summed E-state index contributed by atoms with van der Waals surface area (Å²) in [6.07, 6.45) is 1.33. The van der Waals surface area contributed by atoms with Gasteiger partial charge in [0.1, 0.15) is 0 Å². The second kappa shape index (κ2) is 5.72. The smallest absolute Gasteiger partial charge is 0.241 e. The Labute approximate surface area is 133 Å². The molecule has 1 atom stereocenters. The van der Waals surface area contributed by atoms with Crippen molar-refractivity contribution in [2.24, 2.45) is 5.41 Å². The maximum Gasteiger partial charge on any atom is 0.241 e. The van der Waals surface area contributed by atoms with Gasteiger partial charge in [0.2, 0.25) is 17.7 Å². The van der Waals surface area contributed by atoms with E-state index in [0.717, 1.165) is 12.1 Å². The monoisotopic (exact) mass is 321 g/mol. The van der Waals surface area contributed by atoms with Gasteiger partial charge in [0.25, 0.3) is 0 Å². The average Bonchev–Trinajstić information content (AvgIpc) is 3.17. The van der Waals surface area contributed by atoms with Crippen LogP contribution in [0.3, 0.4) is 0 Å². The highest BCUT2D eigenvalue weighted by atomic mass is 32.1. The molecule has 2 fully saturated rings. The van der Waals surface area contributed by atoms with Gasteiger partial charge in [-0.15, -0.1) is 0 Å². The molecule has 6 nitrogen and oxygen atoms in total. The second-order valence-corrected chi connectivity index (χ2v) is 6.89. The Morgan fingerprint density at radius 2 is 2.23 bits per heavy atom. The van der Waals surface area contributed by atoms with Gasteiger partial charge in [-0.25, -0.2) is 0 Å². The molecule has 0 bridgehead atoms. The summed E-state index contributed by atoms with van der Waals surface area (Å²) in [6.45, 7) is 3.36. The molecule has 118 valence electrons.